The second-order valence-corrected chi connectivity index (χ2v) is 6.51. The van der Waals surface area contributed by atoms with Crippen molar-refractivity contribution in [3.05, 3.63) is 80.7 Å². The Morgan fingerprint density at radius 2 is 1.85 bits per heavy atom. The van der Waals surface area contributed by atoms with E-state index >= 15 is 0 Å². The Labute approximate surface area is 157 Å². The van der Waals surface area contributed by atoms with Crippen LogP contribution in [0.3, 0.4) is 0 Å². The van der Waals surface area contributed by atoms with Crippen molar-refractivity contribution < 1.29 is 9.72 Å². The van der Waals surface area contributed by atoms with Crippen LogP contribution < -0.4 is 5.32 Å². The number of hydrogen-bond acceptors (Lipinski definition) is 5. The molecule has 0 radical (unpaired) electrons. The molecule has 0 atom stereocenters. The average Bonchev–Trinajstić information content (AvgIpc) is 3.10. The van der Waals surface area contributed by atoms with Crippen LogP contribution in [0.1, 0.15) is 5.56 Å². The van der Waals surface area contributed by atoms with Crippen molar-refractivity contribution in [2.24, 2.45) is 0 Å². The lowest BCUT2D eigenvalue weighted by Gasteiger charge is -1.98. The molecule has 1 N–H and O–H groups in total. The van der Waals surface area contributed by atoms with Crippen molar-refractivity contribution in [1.29, 1.82) is 0 Å². The van der Waals surface area contributed by atoms with Gasteiger partial charge in [0.1, 0.15) is 0 Å². The summed E-state index contributed by atoms with van der Waals surface area (Å²) < 4.78 is 0. The van der Waals surface area contributed by atoms with E-state index in [9.17, 15) is 14.9 Å². The Morgan fingerprint density at radius 3 is 2.50 bits per heavy atom. The highest BCUT2D eigenvalue weighted by atomic mass is 35.5. The molecule has 26 heavy (non-hydrogen) atoms. The molecule has 0 spiro atoms. The zero-order valence-electron chi connectivity index (χ0n) is 13.3. The number of aromatic nitrogens is 1. The zero-order chi connectivity index (χ0) is 18.5. The number of thiazole rings is 1. The predicted molar refractivity (Wildman–Crippen MR) is 103 cm³/mol. The molecule has 1 aromatic heterocycles. The van der Waals surface area contributed by atoms with Gasteiger partial charge in [0.05, 0.1) is 10.6 Å². The molecule has 1 amide bonds. The standard InChI is InChI=1S/C18H12ClN3O3S/c19-14-6-1-12(2-7-14)3-10-17(23)21-18-20-16(11-26-18)13-4-8-15(9-5-13)22(24)25/h1-11H,(H,20,21,23). The Bertz CT molecular complexity index is 966. The van der Waals surface area contributed by atoms with Crippen molar-refractivity contribution in [1.82, 2.24) is 4.98 Å². The number of anilines is 1. The van der Waals surface area contributed by atoms with Gasteiger partial charge in [0.15, 0.2) is 5.13 Å². The molecule has 3 aromatic rings. The zero-order valence-corrected chi connectivity index (χ0v) is 14.8. The summed E-state index contributed by atoms with van der Waals surface area (Å²) in [6.07, 6.45) is 3.09. The van der Waals surface area contributed by atoms with Gasteiger partial charge in [-0.15, -0.1) is 11.3 Å². The van der Waals surface area contributed by atoms with E-state index in [2.05, 4.69) is 10.3 Å². The highest BCUT2D eigenvalue weighted by Gasteiger charge is 2.09. The molecule has 0 saturated carbocycles. The first-order chi connectivity index (χ1) is 12.5. The van der Waals surface area contributed by atoms with Crippen molar-refractivity contribution in [3.63, 3.8) is 0 Å². The van der Waals surface area contributed by atoms with Crippen LogP contribution in [0, 0.1) is 10.1 Å². The number of hydrogen-bond donors (Lipinski definition) is 1. The van der Waals surface area contributed by atoms with E-state index in [1.807, 2.05) is 12.1 Å². The molecule has 0 fully saturated rings. The summed E-state index contributed by atoms with van der Waals surface area (Å²) in [5.41, 5.74) is 2.26. The van der Waals surface area contributed by atoms with E-state index < -0.39 is 4.92 Å². The van der Waals surface area contributed by atoms with E-state index in [-0.39, 0.29) is 11.6 Å². The molecule has 3 rings (SSSR count). The minimum Gasteiger partial charge on any atom is -0.298 e. The van der Waals surface area contributed by atoms with Crippen molar-refractivity contribution in [3.8, 4) is 11.3 Å². The maximum Gasteiger partial charge on any atom is 0.269 e. The Kier molecular flexibility index (Phi) is 5.40. The number of nitrogens with one attached hydrogen (secondary N) is 1. The van der Waals surface area contributed by atoms with Gasteiger partial charge in [-0.1, -0.05) is 23.7 Å². The van der Waals surface area contributed by atoms with Crippen LogP contribution in [-0.4, -0.2) is 15.8 Å². The first-order valence-corrected chi connectivity index (χ1v) is 8.72. The summed E-state index contributed by atoms with van der Waals surface area (Å²) >= 11 is 7.09. The van der Waals surface area contributed by atoms with Gasteiger partial charge in [-0.25, -0.2) is 4.98 Å². The third kappa shape index (κ3) is 4.53. The second-order valence-electron chi connectivity index (χ2n) is 5.22. The number of nitrogens with zero attached hydrogens (tertiary/aromatic N) is 2. The molecular weight excluding hydrogens is 374 g/mol. The molecule has 2 aromatic carbocycles. The lowest BCUT2D eigenvalue weighted by Crippen LogP contribution is -2.07. The number of nitro groups is 1. The van der Waals surface area contributed by atoms with Crippen LogP contribution >= 0.6 is 22.9 Å². The van der Waals surface area contributed by atoms with Crippen molar-refractivity contribution in [2.45, 2.75) is 0 Å². The fraction of sp³-hybridized carbons (Fsp3) is 0. The second kappa shape index (κ2) is 7.90. The highest BCUT2D eigenvalue weighted by molar-refractivity contribution is 7.14. The van der Waals surface area contributed by atoms with E-state index in [1.54, 1.807) is 35.7 Å². The highest BCUT2D eigenvalue weighted by Crippen LogP contribution is 2.26. The van der Waals surface area contributed by atoms with Crippen LogP contribution in [-0.2, 0) is 4.79 Å². The third-order valence-corrected chi connectivity index (χ3v) is 4.42. The van der Waals surface area contributed by atoms with E-state index in [0.29, 0.717) is 15.8 Å². The van der Waals surface area contributed by atoms with Gasteiger partial charge in [-0.05, 0) is 35.9 Å². The number of non-ortho nitro benzene ring substituents is 1. The first-order valence-electron chi connectivity index (χ1n) is 7.46. The molecule has 6 nitrogen and oxygen atoms in total. The minimum atomic E-state index is -0.455. The summed E-state index contributed by atoms with van der Waals surface area (Å²) in [6.45, 7) is 0. The van der Waals surface area contributed by atoms with E-state index in [4.69, 9.17) is 11.6 Å². The molecule has 0 unspecified atom stereocenters. The topological polar surface area (TPSA) is 85.1 Å². The van der Waals surface area contributed by atoms with Gasteiger partial charge in [0.2, 0.25) is 5.91 Å². The van der Waals surface area contributed by atoms with Gasteiger partial charge in [-0.3, -0.25) is 20.2 Å². The van der Waals surface area contributed by atoms with Gasteiger partial charge in [0.25, 0.3) is 5.69 Å². The van der Waals surface area contributed by atoms with Crippen LogP contribution in [0.25, 0.3) is 17.3 Å². The smallest absolute Gasteiger partial charge is 0.269 e. The maximum absolute atomic E-state index is 12.0. The fourth-order valence-corrected chi connectivity index (χ4v) is 2.96. The predicted octanol–water partition coefficient (Wildman–Crippen LogP) is 5.02. The van der Waals surface area contributed by atoms with Crippen LogP contribution in [0.2, 0.25) is 5.02 Å². The maximum atomic E-state index is 12.0. The monoisotopic (exact) mass is 385 g/mol. The number of carbonyl (C=O) groups excluding carboxylic acids is 1. The summed E-state index contributed by atoms with van der Waals surface area (Å²) in [6, 6.07) is 13.2. The van der Waals surface area contributed by atoms with E-state index in [1.165, 1.54) is 29.5 Å². The van der Waals surface area contributed by atoms with Crippen LogP contribution in [0.15, 0.2) is 60.0 Å². The Hall–Kier alpha value is -3.03. The lowest BCUT2D eigenvalue weighted by molar-refractivity contribution is -0.384. The van der Waals surface area contributed by atoms with Crippen LogP contribution in [0.4, 0.5) is 10.8 Å². The van der Waals surface area contributed by atoms with Gasteiger partial charge >= 0.3 is 0 Å². The molecule has 8 heteroatoms. The number of benzene rings is 2. The Morgan fingerprint density at radius 1 is 1.15 bits per heavy atom. The Balaban J connectivity index is 1.65. The van der Waals surface area contributed by atoms with Crippen LogP contribution in [0.5, 0.6) is 0 Å². The molecule has 0 aliphatic heterocycles. The molecular formula is C18H12ClN3O3S. The molecule has 0 bridgehead atoms. The molecule has 0 saturated heterocycles. The van der Waals surface area contributed by atoms with Gasteiger partial charge in [-0.2, -0.15) is 0 Å². The molecule has 0 aliphatic rings. The summed E-state index contributed by atoms with van der Waals surface area (Å²) in [7, 11) is 0. The summed E-state index contributed by atoms with van der Waals surface area (Å²) in [4.78, 5) is 26.5. The van der Waals surface area contributed by atoms with Crippen molar-refractivity contribution >= 4 is 45.7 Å². The first kappa shape index (κ1) is 17.8. The quantitative estimate of drug-likeness (QED) is 0.379. The average molecular weight is 386 g/mol. The molecule has 1 heterocycles. The number of amides is 1. The number of rotatable bonds is 5. The number of carbonyl (C=O) groups is 1. The largest absolute Gasteiger partial charge is 0.298 e. The molecule has 0 aliphatic carbocycles. The molecule has 130 valence electrons. The number of nitro benzene ring substituents is 1. The van der Waals surface area contributed by atoms with Gasteiger partial charge < -0.3 is 0 Å². The summed E-state index contributed by atoms with van der Waals surface area (Å²) in [5, 5.41) is 16.2. The lowest BCUT2D eigenvalue weighted by atomic mass is 10.1. The minimum absolute atomic E-state index is 0.0184. The normalized spacial score (nSPS) is 10.8. The third-order valence-electron chi connectivity index (χ3n) is 3.41. The fourth-order valence-electron chi connectivity index (χ4n) is 2.11. The van der Waals surface area contributed by atoms with E-state index in [0.717, 1.165) is 11.1 Å². The van der Waals surface area contributed by atoms with Gasteiger partial charge in [0, 0.05) is 34.2 Å². The SMILES string of the molecule is O=C(C=Cc1ccc(Cl)cc1)Nc1nc(-c2ccc([N+](=O)[O-])cc2)cs1. The summed E-state index contributed by atoms with van der Waals surface area (Å²) in [5.74, 6) is -0.301. The van der Waals surface area contributed by atoms with Crippen molar-refractivity contribution in [2.75, 3.05) is 5.32 Å². The number of halogens is 1.